The van der Waals surface area contributed by atoms with E-state index in [1.165, 1.54) is 48.0 Å². The maximum Gasteiger partial charge on any atom is 0.164 e. The maximum atomic E-state index is 5.30. The predicted octanol–water partition coefficient (Wildman–Crippen LogP) is 11.6. The van der Waals surface area contributed by atoms with E-state index in [0.29, 0.717) is 17.5 Å². The molecular formula is C46H29N3S. The molecule has 1 aliphatic rings. The van der Waals surface area contributed by atoms with Crippen LogP contribution in [0.5, 0.6) is 0 Å². The Labute approximate surface area is 294 Å². The van der Waals surface area contributed by atoms with Gasteiger partial charge in [-0.1, -0.05) is 152 Å². The molecule has 50 heavy (non-hydrogen) atoms. The van der Waals surface area contributed by atoms with Crippen molar-refractivity contribution in [1.29, 1.82) is 0 Å². The molecule has 0 aliphatic heterocycles. The fourth-order valence-electron chi connectivity index (χ4n) is 7.89. The maximum absolute atomic E-state index is 5.30. The van der Waals surface area contributed by atoms with E-state index in [9.17, 15) is 0 Å². The highest BCUT2D eigenvalue weighted by atomic mass is 32.1. The van der Waals surface area contributed by atoms with Gasteiger partial charge in [0.1, 0.15) is 0 Å². The highest BCUT2D eigenvalue weighted by Gasteiger charge is 2.47. The quantitative estimate of drug-likeness (QED) is 0.185. The first-order chi connectivity index (χ1) is 24.8. The molecule has 9 aromatic rings. The van der Waals surface area contributed by atoms with E-state index in [1.807, 2.05) is 29.5 Å². The molecule has 0 saturated heterocycles. The Bertz CT molecular complexity index is 2660. The van der Waals surface area contributed by atoms with Crippen molar-refractivity contribution in [3.05, 3.63) is 198 Å². The van der Waals surface area contributed by atoms with E-state index in [0.717, 1.165) is 22.3 Å². The van der Waals surface area contributed by atoms with Gasteiger partial charge in [-0.2, -0.15) is 0 Å². The topological polar surface area (TPSA) is 38.7 Å². The number of fused-ring (bicyclic) bond motifs is 6. The Morgan fingerprint density at radius 3 is 1.70 bits per heavy atom. The average Bonchev–Trinajstić information content (AvgIpc) is 3.72. The summed E-state index contributed by atoms with van der Waals surface area (Å²) in [6.45, 7) is 0. The van der Waals surface area contributed by atoms with Gasteiger partial charge in [0.15, 0.2) is 17.5 Å². The van der Waals surface area contributed by atoms with Crippen LogP contribution in [0.25, 0.3) is 65.5 Å². The molecule has 7 aromatic carbocycles. The van der Waals surface area contributed by atoms with Crippen molar-refractivity contribution < 1.29 is 0 Å². The molecule has 0 N–H and O–H groups in total. The Hall–Kier alpha value is -6.23. The summed E-state index contributed by atoms with van der Waals surface area (Å²) in [6.07, 6.45) is 0. The predicted molar refractivity (Wildman–Crippen MR) is 206 cm³/mol. The summed E-state index contributed by atoms with van der Waals surface area (Å²) >= 11 is 1.82. The first kappa shape index (κ1) is 28.8. The first-order valence-corrected chi connectivity index (χ1v) is 17.7. The van der Waals surface area contributed by atoms with Crippen molar-refractivity contribution in [3.63, 3.8) is 0 Å². The Balaban J connectivity index is 1.26. The molecule has 0 radical (unpaired) electrons. The lowest BCUT2D eigenvalue weighted by Gasteiger charge is -2.33. The number of hydrogen-bond acceptors (Lipinski definition) is 4. The SMILES string of the molecule is c1ccc(-c2nc(-c3ccc4sc5ccccc5c4c3)nc(-c3cccc4c3-c3ccccc3C4(c3ccccc3)c3ccccc3)n2)cc1. The van der Waals surface area contributed by atoms with Gasteiger partial charge in [0, 0.05) is 36.9 Å². The molecule has 2 heterocycles. The van der Waals surface area contributed by atoms with E-state index in [1.54, 1.807) is 0 Å². The van der Waals surface area contributed by atoms with E-state index in [4.69, 9.17) is 15.0 Å². The Morgan fingerprint density at radius 2 is 0.940 bits per heavy atom. The van der Waals surface area contributed by atoms with Crippen molar-refractivity contribution in [3.8, 4) is 45.3 Å². The molecule has 0 bridgehead atoms. The second kappa shape index (κ2) is 11.4. The lowest BCUT2D eigenvalue weighted by Crippen LogP contribution is -2.28. The second-order valence-electron chi connectivity index (χ2n) is 12.7. The fraction of sp³-hybridized carbons (Fsp3) is 0.0217. The van der Waals surface area contributed by atoms with Crippen molar-refractivity contribution >= 4 is 31.5 Å². The fourth-order valence-corrected chi connectivity index (χ4v) is 8.97. The van der Waals surface area contributed by atoms with Gasteiger partial charge in [-0.25, -0.2) is 15.0 Å². The Kier molecular flexibility index (Phi) is 6.58. The summed E-state index contributed by atoms with van der Waals surface area (Å²) in [6, 6.07) is 62.6. The van der Waals surface area contributed by atoms with Crippen LogP contribution in [0.4, 0.5) is 0 Å². The van der Waals surface area contributed by atoms with Gasteiger partial charge in [0.2, 0.25) is 0 Å². The zero-order valence-corrected chi connectivity index (χ0v) is 27.8. The minimum absolute atomic E-state index is 0.506. The van der Waals surface area contributed by atoms with Crippen molar-refractivity contribution in [1.82, 2.24) is 15.0 Å². The highest BCUT2D eigenvalue weighted by molar-refractivity contribution is 7.25. The van der Waals surface area contributed by atoms with Gasteiger partial charge in [-0.3, -0.25) is 0 Å². The number of nitrogens with zero attached hydrogens (tertiary/aromatic N) is 3. The number of benzene rings is 7. The number of aromatic nitrogens is 3. The van der Waals surface area contributed by atoms with E-state index >= 15 is 0 Å². The smallest absolute Gasteiger partial charge is 0.164 e. The lowest BCUT2D eigenvalue weighted by atomic mass is 9.67. The lowest BCUT2D eigenvalue weighted by molar-refractivity contribution is 0.768. The number of rotatable bonds is 5. The van der Waals surface area contributed by atoms with Gasteiger partial charge in [0.25, 0.3) is 0 Å². The van der Waals surface area contributed by atoms with Crippen LogP contribution in [0, 0.1) is 0 Å². The molecule has 0 amide bonds. The Morgan fingerprint density at radius 1 is 0.380 bits per heavy atom. The molecule has 0 saturated carbocycles. The number of hydrogen-bond donors (Lipinski definition) is 0. The zero-order valence-electron chi connectivity index (χ0n) is 27.0. The van der Waals surface area contributed by atoms with Crippen molar-refractivity contribution in [2.24, 2.45) is 0 Å². The second-order valence-corrected chi connectivity index (χ2v) is 13.8. The third-order valence-corrected chi connectivity index (χ3v) is 11.2. The van der Waals surface area contributed by atoms with Crippen LogP contribution < -0.4 is 0 Å². The van der Waals surface area contributed by atoms with Gasteiger partial charge in [0.05, 0.1) is 5.41 Å². The third-order valence-electron chi connectivity index (χ3n) is 10.0. The molecule has 0 atom stereocenters. The van der Waals surface area contributed by atoms with Crippen LogP contribution in [0.15, 0.2) is 176 Å². The van der Waals surface area contributed by atoms with Gasteiger partial charge < -0.3 is 0 Å². The molecule has 1 aliphatic carbocycles. The normalized spacial score (nSPS) is 13.0. The third kappa shape index (κ3) is 4.32. The molecular weight excluding hydrogens is 627 g/mol. The van der Waals surface area contributed by atoms with Gasteiger partial charge in [-0.05, 0) is 57.6 Å². The van der Waals surface area contributed by atoms with Crippen LogP contribution in [0.2, 0.25) is 0 Å². The highest BCUT2D eigenvalue weighted by Crippen LogP contribution is 2.58. The van der Waals surface area contributed by atoms with Crippen LogP contribution in [0.1, 0.15) is 22.3 Å². The summed E-state index contributed by atoms with van der Waals surface area (Å²) in [5.41, 5.74) is 9.70. The molecule has 10 rings (SSSR count). The van der Waals surface area contributed by atoms with E-state index < -0.39 is 5.41 Å². The molecule has 234 valence electrons. The standard InChI is InChI=1S/C46H29N3S/c1-4-15-30(16-5-1)43-47-44(31-27-28-41-37(29-31)34-21-11-13-26-40(34)50-41)49-45(48-43)36-23-14-25-39-42(36)35-22-10-12-24-38(35)46(39,32-17-6-2-7-18-32)33-19-8-3-9-20-33/h1-29H. The largest absolute Gasteiger partial charge is 0.208 e. The van der Waals surface area contributed by atoms with E-state index in [-0.39, 0.29) is 0 Å². The summed E-state index contributed by atoms with van der Waals surface area (Å²) < 4.78 is 2.53. The number of thiophene rings is 1. The van der Waals surface area contributed by atoms with Gasteiger partial charge >= 0.3 is 0 Å². The van der Waals surface area contributed by atoms with Crippen LogP contribution >= 0.6 is 11.3 Å². The molecule has 3 nitrogen and oxygen atoms in total. The van der Waals surface area contributed by atoms with Crippen LogP contribution in [-0.2, 0) is 5.41 Å². The summed E-state index contributed by atoms with van der Waals surface area (Å²) in [5, 5.41) is 2.47. The summed E-state index contributed by atoms with van der Waals surface area (Å²) in [5.74, 6) is 1.97. The molecule has 0 fully saturated rings. The van der Waals surface area contributed by atoms with Crippen molar-refractivity contribution in [2.45, 2.75) is 5.41 Å². The van der Waals surface area contributed by atoms with Crippen molar-refractivity contribution in [2.75, 3.05) is 0 Å². The minimum atomic E-state index is -0.506. The molecule has 2 aromatic heterocycles. The molecule has 0 unspecified atom stereocenters. The monoisotopic (exact) mass is 655 g/mol. The summed E-state index contributed by atoms with van der Waals surface area (Å²) in [7, 11) is 0. The summed E-state index contributed by atoms with van der Waals surface area (Å²) in [4.78, 5) is 15.6. The van der Waals surface area contributed by atoms with E-state index in [2.05, 4.69) is 158 Å². The molecule has 4 heteroatoms. The van der Waals surface area contributed by atoms with Gasteiger partial charge in [-0.15, -0.1) is 11.3 Å². The minimum Gasteiger partial charge on any atom is -0.208 e. The van der Waals surface area contributed by atoms with Crippen LogP contribution in [-0.4, -0.2) is 15.0 Å². The molecule has 0 spiro atoms. The van der Waals surface area contributed by atoms with Crippen LogP contribution in [0.3, 0.4) is 0 Å². The zero-order chi connectivity index (χ0) is 33.1. The average molecular weight is 656 g/mol. The first-order valence-electron chi connectivity index (χ1n) is 16.9.